The van der Waals surface area contributed by atoms with Gasteiger partial charge in [0.25, 0.3) is 0 Å². The van der Waals surface area contributed by atoms with Crippen LogP contribution in [0.5, 0.6) is 0 Å². The minimum atomic E-state index is -0.470. The van der Waals surface area contributed by atoms with E-state index in [4.69, 9.17) is 10.00 Å². The van der Waals surface area contributed by atoms with Crippen molar-refractivity contribution in [3.63, 3.8) is 0 Å². The zero-order valence-electron chi connectivity index (χ0n) is 10.8. The van der Waals surface area contributed by atoms with E-state index in [1.54, 1.807) is 12.1 Å². The Balaban J connectivity index is 2.36. The molecule has 0 bridgehead atoms. The van der Waals surface area contributed by atoms with E-state index in [1.807, 2.05) is 12.1 Å². The first-order chi connectivity index (χ1) is 10.2. The summed E-state index contributed by atoms with van der Waals surface area (Å²) < 4.78 is 5.53. The summed E-state index contributed by atoms with van der Waals surface area (Å²) in [7, 11) is 1.31. The van der Waals surface area contributed by atoms with Crippen LogP contribution in [0.3, 0.4) is 0 Å². The molecule has 2 rings (SSSR count). The number of aromatic amines is 1. The molecule has 106 valence electrons. The van der Waals surface area contributed by atoms with Gasteiger partial charge in [-0.3, -0.25) is 0 Å². The minimum absolute atomic E-state index is 0.163. The van der Waals surface area contributed by atoms with Gasteiger partial charge in [0.15, 0.2) is 0 Å². The van der Waals surface area contributed by atoms with Gasteiger partial charge in [-0.15, -0.1) is 10.2 Å². The number of aromatic nitrogens is 4. The molecule has 1 aromatic heterocycles. The van der Waals surface area contributed by atoms with E-state index in [0.717, 1.165) is 3.57 Å². The number of ether oxygens (including phenoxy) is 1. The summed E-state index contributed by atoms with van der Waals surface area (Å²) in [6.45, 7) is 0. The number of nitrogens with zero attached hydrogens (tertiary/aromatic N) is 4. The summed E-state index contributed by atoms with van der Waals surface area (Å²) >= 11 is 2.08. The number of hydrogen-bond donors (Lipinski definition) is 2. The Bertz CT molecular complexity index is 720. The van der Waals surface area contributed by atoms with E-state index in [0.29, 0.717) is 11.3 Å². The molecule has 8 nitrogen and oxygen atoms in total. The number of carbonyl (C=O) groups excluding carboxylic acids is 1. The molecule has 2 N–H and O–H groups in total. The molecule has 21 heavy (non-hydrogen) atoms. The number of anilines is 1. The number of rotatable bonds is 4. The SMILES string of the molecule is COC(=O)c1cccc(I)c1NC=C(C#N)c1nn[nH]n1. The van der Waals surface area contributed by atoms with Gasteiger partial charge < -0.3 is 10.1 Å². The fraction of sp³-hybridized carbons (Fsp3) is 0.0833. The number of halogens is 1. The predicted molar refractivity (Wildman–Crippen MR) is 81.9 cm³/mol. The molecule has 9 heteroatoms. The van der Waals surface area contributed by atoms with E-state index in [1.165, 1.54) is 13.3 Å². The van der Waals surface area contributed by atoms with Crippen LogP contribution in [0.1, 0.15) is 16.2 Å². The molecule has 1 heterocycles. The van der Waals surface area contributed by atoms with Crippen LogP contribution < -0.4 is 5.32 Å². The third-order valence-electron chi connectivity index (χ3n) is 2.49. The largest absolute Gasteiger partial charge is 0.465 e. The average Bonchev–Trinajstić information content (AvgIpc) is 3.02. The molecular weight excluding hydrogens is 387 g/mol. The Kier molecular flexibility index (Phi) is 4.83. The number of nitriles is 1. The molecule has 1 aromatic carbocycles. The standard InChI is InChI=1S/C12H9IN6O2/c1-21-12(20)8-3-2-4-9(13)10(8)15-6-7(5-14)11-16-18-19-17-11/h2-4,6,15H,1H3,(H,16,17,18,19). The Morgan fingerprint density at radius 1 is 1.57 bits per heavy atom. The van der Waals surface area contributed by atoms with Crippen LogP contribution >= 0.6 is 22.6 Å². The molecule has 0 aliphatic heterocycles. The van der Waals surface area contributed by atoms with Gasteiger partial charge in [-0.05, 0) is 39.9 Å². The van der Waals surface area contributed by atoms with Crippen LogP contribution in [0.25, 0.3) is 5.57 Å². The van der Waals surface area contributed by atoms with Crippen molar-refractivity contribution < 1.29 is 9.53 Å². The van der Waals surface area contributed by atoms with Crippen molar-refractivity contribution in [3.05, 3.63) is 39.4 Å². The normalized spacial score (nSPS) is 10.8. The monoisotopic (exact) mass is 396 g/mol. The second kappa shape index (κ2) is 6.80. The zero-order chi connectivity index (χ0) is 15.2. The molecule has 0 saturated carbocycles. The molecule has 0 fully saturated rings. The van der Waals surface area contributed by atoms with Gasteiger partial charge in [-0.2, -0.15) is 10.5 Å². The van der Waals surface area contributed by atoms with E-state index in [2.05, 4.69) is 48.5 Å². The lowest BCUT2D eigenvalue weighted by molar-refractivity contribution is 0.0602. The van der Waals surface area contributed by atoms with Gasteiger partial charge in [-0.1, -0.05) is 6.07 Å². The average molecular weight is 396 g/mol. The summed E-state index contributed by atoms with van der Waals surface area (Å²) in [5.74, 6) is -0.307. The second-order valence-corrected chi connectivity index (χ2v) is 4.87. The van der Waals surface area contributed by atoms with Gasteiger partial charge in [0, 0.05) is 9.77 Å². The summed E-state index contributed by atoms with van der Waals surface area (Å²) in [5, 5.41) is 25.1. The third kappa shape index (κ3) is 3.34. The van der Waals surface area contributed by atoms with E-state index < -0.39 is 5.97 Å². The second-order valence-electron chi connectivity index (χ2n) is 3.70. The zero-order valence-corrected chi connectivity index (χ0v) is 13.0. The lowest BCUT2D eigenvalue weighted by Gasteiger charge is -2.09. The Morgan fingerprint density at radius 3 is 3.00 bits per heavy atom. The highest BCUT2D eigenvalue weighted by atomic mass is 127. The van der Waals surface area contributed by atoms with Crippen LogP contribution in [0, 0.1) is 14.9 Å². The molecule has 0 radical (unpaired) electrons. The summed E-state index contributed by atoms with van der Waals surface area (Å²) in [6.07, 6.45) is 1.41. The number of benzene rings is 1. The number of tetrazole rings is 1. The lowest BCUT2D eigenvalue weighted by Crippen LogP contribution is -2.07. The number of methoxy groups -OCH3 is 1. The van der Waals surface area contributed by atoms with Crippen LogP contribution in [0.15, 0.2) is 24.4 Å². The number of carbonyl (C=O) groups is 1. The van der Waals surface area contributed by atoms with Crippen molar-refractivity contribution in [1.82, 2.24) is 20.6 Å². The number of hydrogen-bond acceptors (Lipinski definition) is 7. The van der Waals surface area contributed by atoms with E-state index >= 15 is 0 Å². The first-order valence-electron chi connectivity index (χ1n) is 5.64. The maximum atomic E-state index is 11.7. The van der Waals surface area contributed by atoms with Crippen LogP contribution in [0.2, 0.25) is 0 Å². The molecule has 0 saturated heterocycles. The Hall–Kier alpha value is -2.48. The molecule has 0 atom stereocenters. The number of esters is 1. The van der Waals surface area contributed by atoms with Gasteiger partial charge in [0.2, 0.25) is 5.82 Å². The van der Waals surface area contributed by atoms with E-state index in [9.17, 15) is 4.79 Å². The van der Waals surface area contributed by atoms with Crippen molar-refractivity contribution in [3.8, 4) is 6.07 Å². The predicted octanol–water partition coefficient (Wildman–Crippen LogP) is 1.57. The van der Waals surface area contributed by atoms with Gasteiger partial charge in [0.05, 0.1) is 18.4 Å². The number of H-pyrrole nitrogens is 1. The number of nitrogens with one attached hydrogen (secondary N) is 2. The van der Waals surface area contributed by atoms with Gasteiger partial charge >= 0.3 is 5.97 Å². The molecule has 0 spiro atoms. The van der Waals surface area contributed by atoms with Crippen molar-refractivity contribution in [2.45, 2.75) is 0 Å². The molecule has 0 unspecified atom stereocenters. The van der Waals surface area contributed by atoms with Crippen molar-refractivity contribution >= 4 is 39.8 Å². The molecule has 2 aromatic rings. The quantitative estimate of drug-likeness (QED) is 0.458. The first-order valence-corrected chi connectivity index (χ1v) is 6.72. The van der Waals surface area contributed by atoms with Crippen LogP contribution in [-0.2, 0) is 4.74 Å². The van der Waals surface area contributed by atoms with E-state index in [-0.39, 0.29) is 11.4 Å². The molecular formula is C12H9IN6O2. The number of para-hydroxylation sites is 1. The first kappa shape index (κ1) is 14.9. The highest BCUT2D eigenvalue weighted by Crippen LogP contribution is 2.24. The lowest BCUT2D eigenvalue weighted by atomic mass is 10.2. The smallest absolute Gasteiger partial charge is 0.340 e. The molecule has 0 aliphatic rings. The third-order valence-corrected chi connectivity index (χ3v) is 3.39. The summed E-state index contributed by atoms with van der Waals surface area (Å²) in [4.78, 5) is 11.7. The molecule has 0 amide bonds. The Labute approximate surface area is 133 Å². The van der Waals surface area contributed by atoms with Gasteiger partial charge in [-0.25, -0.2) is 4.79 Å². The maximum absolute atomic E-state index is 11.7. The topological polar surface area (TPSA) is 117 Å². The van der Waals surface area contributed by atoms with Crippen molar-refractivity contribution in [2.75, 3.05) is 12.4 Å². The summed E-state index contributed by atoms with van der Waals surface area (Å²) in [6, 6.07) is 7.15. The fourth-order valence-corrected chi connectivity index (χ4v) is 2.17. The fourth-order valence-electron chi connectivity index (χ4n) is 1.52. The van der Waals surface area contributed by atoms with Crippen LogP contribution in [-0.4, -0.2) is 33.7 Å². The highest BCUT2D eigenvalue weighted by Gasteiger charge is 2.14. The number of allylic oxidation sites excluding steroid dienone is 1. The maximum Gasteiger partial charge on any atom is 0.340 e. The van der Waals surface area contributed by atoms with Gasteiger partial charge in [0.1, 0.15) is 11.6 Å². The molecule has 0 aliphatic carbocycles. The van der Waals surface area contributed by atoms with Crippen molar-refractivity contribution in [2.24, 2.45) is 0 Å². The Morgan fingerprint density at radius 2 is 2.38 bits per heavy atom. The van der Waals surface area contributed by atoms with Crippen LogP contribution in [0.4, 0.5) is 5.69 Å². The highest BCUT2D eigenvalue weighted by molar-refractivity contribution is 14.1. The minimum Gasteiger partial charge on any atom is -0.465 e. The van der Waals surface area contributed by atoms with Crippen molar-refractivity contribution in [1.29, 1.82) is 5.26 Å². The summed E-state index contributed by atoms with van der Waals surface area (Å²) in [5.41, 5.74) is 1.09.